The van der Waals surface area contributed by atoms with Crippen LogP contribution in [0, 0.1) is 28.4 Å². The van der Waals surface area contributed by atoms with E-state index in [0.717, 1.165) is 11.8 Å². The number of amides is 1. The quantitative estimate of drug-likeness (QED) is 0.366. The molecule has 1 aromatic carbocycles. The van der Waals surface area contributed by atoms with Crippen molar-refractivity contribution < 1.29 is 9.72 Å². The summed E-state index contributed by atoms with van der Waals surface area (Å²) in [5.41, 5.74) is 1.04. The number of aryl methyl sites for hydroxylation is 1. The standard InChI is InChI=1S/C16H12ClN5O3/c1-10-2-3-13(9-19-10)20-8-11(7-18)16(23)21-12-4-5-14(17)15(6-12)22(24)25/h2-6,8-9,20H,1H3,(H,21,23)/b11-8-. The zero-order chi connectivity index (χ0) is 18.4. The number of carbonyl (C=O) groups is 1. The fourth-order valence-electron chi connectivity index (χ4n) is 1.79. The Morgan fingerprint density at radius 1 is 1.36 bits per heavy atom. The minimum atomic E-state index is -0.716. The van der Waals surface area contributed by atoms with Gasteiger partial charge in [-0.3, -0.25) is 19.9 Å². The van der Waals surface area contributed by atoms with Crippen LogP contribution < -0.4 is 10.6 Å². The van der Waals surface area contributed by atoms with Crippen molar-refractivity contribution in [3.05, 3.63) is 69.1 Å². The summed E-state index contributed by atoms with van der Waals surface area (Å²) in [6.07, 6.45) is 2.79. The van der Waals surface area contributed by atoms with E-state index in [9.17, 15) is 14.9 Å². The zero-order valence-corrected chi connectivity index (χ0v) is 13.7. The molecular weight excluding hydrogens is 346 g/mol. The summed E-state index contributed by atoms with van der Waals surface area (Å²) in [5, 5.41) is 25.1. The summed E-state index contributed by atoms with van der Waals surface area (Å²) >= 11 is 5.71. The molecule has 1 amide bonds. The van der Waals surface area contributed by atoms with Crippen LogP contribution in [-0.4, -0.2) is 15.8 Å². The first-order valence-corrected chi connectivity index (χ1v) is 7.33. The van der Waals surface area contributed by atoms with Crippen molar-refractivity contribution in [2.45, 2.75) is 6.92 Å². The first kappa shape index (κ1) is 17.9. The SMILES string of the molecule is Cc1ccc(N/C=C(/C#N)C(=O)Nc2ccc(Cl)c([N+](=O)[O-])c2)cn1. The predicted octanol–water partition coefficient (Wildman–Crippen LogP) is 3.41. The smallest absolute Gasteiger partial charge is 0.289 e. The maximum absolute atomic E-state index is 12.1. The molecule has 25 heavy (non-hydrogen) atoms. The molecule has 0 saturated carbocycles. The first-order chi connectivity index (χ1) is 11.9. The maximum atomic E-state index is 12.1. The molecule has 0 aliphatic carbocycles. The van der Waals surface area contributed by atoms with Crippen molar-refractivity contribution in [3.63, 3.8) is 0 Å². The topological polar surface area (TPSA) is 121 Å². The van der Waals surface area contributed by atoms with Crippen LogP contribution in [0.4, 0.5) is 17.1 Å². The van der Waals surface area contributed by atoms with Crippen molar-refractivity contribution in [2.24, 2.45) is 0 Å². The molecule has 2 N–H and O–H groups in total. The minimum absolute atomic E-state index is 0.0485. The van der Waals surface area contributed by atoms with Gasteiger partial charge in [-0.1, -0.05) is 11.6 Å². The second-order valence-corrected chi connectivity index (χ2v) is 5.29. The van der Waals surface area contributed by atoms with Crippen LogP contribution in [0.15, 0.2) is 48.3 Å². The number of halogens is 1. The lowest BCUT2D eigenvalue weighted by molar-refractivity contribution is -0.384. The summed E-state index contributed by atoms with van der Waals surface area (Å²) in [4.78, 5) is 26.4. The number of nitrogens with zero attached hydrogens (tertiary/aromatic N) is 3. The predicted molar refractivity (Wildman–Crippen MR) is 93.0 cm³/mol. The van der Waals surface area contributed by atoms with Crippen LogP contribution in [0.3, 0.4) is 0 Å². The number of nitro benzene ring substituents is 1. The van der Waals surface area contributed by atoms with E-state index < -0.39 is 10.8 Å². The van der Waals surface area contributed by atoms with Crippen molar-refractivity contribution in [3.8, 4) is 6.07 Å². The number of anilines is 2. The highest BCUT2D eigenvalue weighted by molar-refractivity contribution is 6.32. The van der Waals surface area contributed by atoms with Gasteiger partial charge in [0.15, 0.2) is 0 Å². The molecular formula is C16H12ClN5O3. The molecule has 0 unspecified atom stereocenters. The van der Waals surface area contributed by atoms with Gasteiger partial charge in [0.1, 0.15) is 16.7 Å². The lowest BCUT2D eigenvalue weighted by atomic mass is 10.2. The number of nitro groups is 1. The number of hydrogen-bond donors (Lipinski definition) is 2. The third-order valence-electron chi connectivity index (χ3n) is 3.06. The third-order valence-corrected chi connectivity index (χ3v) is 3.38. The van der Waals surface area contributed by atoms with Crippen LogP contribution in [-0.2, 0) is 4.79 Å². The number of hydrogen-bond acceptors (Lipinski definition) is 6. The summed E-state index contributed by atoms with van der Waals surface area (Å²) in [6.45, 7) is 1.83. The van der Waals surface area contributed by atoms with E-state index in [-0.39, 0.29) is 22.0 Å². The number of carbonyl (C=O) groups excluding carboxylic acids is 1. The molecule has 0 aliphatic rings. The van der Waals surface area contributed by atoms with Gasteiger partial charge in [0.2, 0.25) is 0 Å². The van der Waals surface area contributed by atoms with Crippen molar-refractivity contribution in [1.29, 1.82) is 5.26 Å². The Hall–Kier alpha value is -3.44. The van der Waals surface area contributed by atoms with Gasteiger partial charge in [0, 0.05) is 23.6 Å². The molecule has 0 radical (unpaired) electrons. The van der Waals surface area contributed by atoms with Gasteiger partial charge >= 0.3 is 0 Å². The van der Waals surface area contributed by atoms with E-state index in [1.165, 1.54) is 18.3 Å². The number of benzene rings is 1. The van der Waals surface area contributed by atoms with Gasteiger partial charge < -0.3 is 10.6 Å². The number of nitriles is 1. The van der Waals surface area contributed by atoms with Crippen LogP contribution in [0.25, 0.3) is 0 Å². The van der Waals surface area contributed by atoms with Gasteiger partial charge in [0.05, 0.1) is 16.8 Å². The maximum Gasteiger partial charge on any atom is 0.289 e. The van der Waals surface area contributed by atoms with Gasteiger partial charge in [-0.15, -0.1) is 0 Å². The van der Waals surface area contributed by atoms with Gasteiger partial charge in [-0.05, 0) is 31.2 Å². The highest BCUT2D eigenvalue weighted by Crippen LogP contribution is 2.27. The fraction of sp³-hybridized carbons (Fsp3) is 0.0625. The third kappa shape index (κ3) is 4.76. The molecule has 0 spiro atoms. The average Bonchev–Trinajstić information content (AvgIpc) is 2.58. The molecule has 8 nitrogen and oxygen atoms in total. The normalized spacial score (nSPS) is 10.7. The molecule has 2 aromatic rings. The summed E-state index contributed by atoms with van der Waals surface area (Å²) in [7, 11) is 0. The second kappa shape index (κ2) is 7.90. The molecule has 1 aromatic heterocycles. The van der Waals surface area contributed by atoms with E-state index in [2.05, 4.69) is 15.6 Å². The highest BCUT2D eigenvalue weighted by atomic mass is 35.5. The van der Waals surface area contributed by atoms with Crippen LogP contribution >= 0.6 is 11.6 Å². The lowest BCUT2D eigenvalue weighted by Crippen LogP contribution is -2.14. The van der Waals surface area contributed by atoms with Crippen molar-refractivity contribution in [2.75, 3.05) is 10.6 Å². The average molecular weight is 358 g/mol. The summed E-state index contributed by atoms with van der Waals surface area (Å²) in [6, 6.07) is 9.09. The molecule has 0 aliphatic heterocycles. The Bertz CT molecular complexity index is 888. The van der Waals surface area contributed by atoms with Gasteiger partial charge in [-0.2, -0.15) is 5.26 Å². The molecule has 126 valence electrons. The first-order valence-electron chi connectivity index (χ1n) is 6.95. The summed E-state index contributed by atoms with van der Waals surface area (Å²) in [5.74, 6) is -0.716. The number of aromatic nitrogens is 1. The van der Waals surface area contributed by atoms with Crippen molar-refractivity contribution in [1.82, 2.24) is 4.98 Å². The van der Waals surface area contributed by atoms with Crippen molar-refractivity contribution >= 4 is 34.6 Å². The Kier molecular flexibility index (Phi) is 5.66. The number of pyridine rings is 1. The van der Waals surface area contributed by atoms with Gasteiger partial charge in [-0.25, -0.2) is 0 Å². The Balaban J connectivity index is 2.13. The van der Waals surface area contributed by atoms with E-state index in [4.69, 9.17) is 16.9 Å². The molecule has 0 bridgehead atoms. The molecule has 1 heterocycles. The van der Waals surface area contributed by atoms with E-state index in [1.54, 1.807) is 24.4 Å². The molecule has 0 saturated heterocycles. The number of rotatable bonds is 5. The van der Waals surface area contributed by atoms with E-state index >= 15 is 0 Å². The Morgan fingerprint density at radius 3 is 2.68 bits per heavy atom. The summed E-state index contributed by atoms with van der Waals surface area (Å²) < 4.78 is 0. The molecule has 9 heteroatoms. The molecule has 0 fully saturated rings. The Labute approximate surface area is 147 Å². The zero-order valence-electron chi connectivity index (χ0n) is 13.0. The molecule has 0 atom stereocenters. The number of nitrogens with one attached hydrogen (secondary N) is 2. The monoisotopic (exact) mass is 357 g/mol. The van der Waals surface area contributed by atoms with Crippen LogP contribution in [0.1, 0.15) is 5.69 Å². The largest absolute Gasteiger partial charge is 0.359 e. The van der Waals surface area contributed by atoms with E-state index in [1.807, 2.05) is 6.92 Å². The van der Waals surface area contributed by atoms with Crippen LogP contribution in [0.5, 0.6) is 0 Å². The van der Waals surface area contributed by atoms with E-state index in [0.29, 0.717) is 5.69 Å². The highest BCUT2D eigenvalue weighted by Gasteiger charge is 2.15. The fourth-order valence-corrected chi connectivity index (χ4v) is 1.97. The van der Waals surface area contributed by atoms with Gasteiger partial charge in [0.25, 0.3) is 11.6 Å². The lowest BCUT2D eigenvalue weighted by Gasteiger charge is -2.06. The Morgan fingerprint density at radius 2 is 2.08 bits per heavy atom. The minimum Gasteiger partial charge on any atom is -0.359 e. The second-order valence-electron chi connectivity index (χ2n) is 4.88. The van der Waals surface area contributed by atoms with Crippen LogP contribution in [0.2, 0.25) is 5.02 Å². The molecule has 2 rings (SSSR count).